The van der Waals surface area contributed by atoms with Crippen LogP contribution in [0.1, 0.15) is 10.4 Å². The maximum atomic E-state index is 12.3. The van der Waals surface area contributed by atoms with E-state index < -0.39 is 0 Å². The first kappa shape index (κ1) is 14.5. The predicted molar refractivity (Wildman–Crippen MR) is 88.0 cm³/mol. The number of rotatable bonds is 3. The van der Waals surface area contributed by atoms with Gasteiger partial charge in [-0.3, -0.25) is 10.2 Å². The van der Waals surface area contributed by atoms with Gasteiger partial charge in [0.15, 0.2) is 5.82 Å². The summed E-state index contributed by atoms with van der Waals surface area (Å²) in [6.45, 7) is 0. The number of halogens is 1. The van der Waals surface area contributed by atoms with Crippen molar-refractivity contribution in [1.29, 1.82) is 0 Å². The number of hydrogen-bond acceptors (Lipinski definition) is 3. The Morgan fingerprint density at radius 3 is 2.50 bits per heavy atom. The van der Waals surface area contributed by atoms with Gasteiger partial charge in [0, 0.05) is 16.1 Å². The van der Waals surface area contributed by atoms with Gasteiger partial charge in [-0.1, -0.05) is 29.8 Å². The maximum absolute atomic E-state index is 12.3. The summed E-state index contributed by atoms with van der Waals surface area (Å²) in [5.41, 5.74) is 4.05. The van der Waals surface area contributed by atoms with Gasteiger partial charge in [-0.25, -0.2) is 9.77 Å². The predicted octanol–water partition coefficient (Wildman–Crippen LogP) is 3.64. The van der Waals surface area contributed by atoms with Gasteiger partial charge in [-0.05, 0) is 48.6 Å². The van der Waals surface area contributed by atoms with E-state index in [4.69, 9.17) is 23.8 Å². The Hall–Kier alpha value is -2.44. The second kappa shape index (κ2) is 6.13. The molecule has 0 atom stereocenters. The first-order valence-corrected chi connectivity index (χ1v) is 7.23. The molecule has 22 heavy (non-hydrogen) atoms. The van der Waals surface area contributed by atoms with Gasteiger partial charge in [0.1, 0.15) is 0 Å². The molecule has 0 unspecified atom stereocenters. The molecular formula is C15H11ClN4OS. The summed E-state index contributed by atoms with van der Waals surface area (Å²) in [5, 5.41) is 7.45. The van der Waals surface area contributed by atoms with Gasteiger partial charge < -0.3 is 0 Å². The molecule has 0 bridgehead atoms. The Labute approximate surface area is 136 Å². The molecular weight excluding hydrogens is 320 g/mol. The highest BCUT2D eigenvalue weighted by atomic mass is 35.5. The van der Waals surface area contributed by atoms with Crippen LogP contribution in [-0.2, 0) is 0 Å². The molecule has 7 heteroatoms. The smallest absolute Gasteiger partial charge is 0.267 e. The lowest BCUT2D eigenvalue weighted by Crippen LogP contribution is -2.23. The minimum Gasteiger partial charge on any atom is -0.267 e. The molecule has 3 rings (SSSR count). The van der Waals surface area contributed by atoms with Crippen molar-refractivity contribution in [3.05, 3.63) is 70.0 Å². The van der Waals surface area contributed by atoms with Gasteiger partial charge in [-0.2, -0.15) is 5.10 Å². The summed E-state index contributed by atoms with van der Waals surface area (Å²) in [6.07, 6.45) is 0. The second-order valence-corrected chi connectivity index (χ2v) is 5.32. The minimum absolute atomic E-state index is 0.270. The SMILES string of the molecule is O=C(Nn1c(-c2ccc(Cl)cc2)n[nH]c1=S)c1ccccc1. The van der Waals surface area contributed by atoms with Crippen LogP contribution in [0.4, 0.5) is 0 Å². The fourth-order valence-corrected chi connectivity index (χ4v) is 2.25. The Balaban J connectivity index is 1.95. The number of carbonyl (C=O) groups is 1. The maximum Gasteiger partial charge on any atom is 0.270 e. The monoisotopic (exact) mass is 330 g/mol. The molecule has 0 aliphatic rings. The van der Waals surface area contributed by atoms with E-state index in [1.165, 1.54) is 4.68 Å². The highest BCUT2D eigenvalue weighted by Crippen LogP contribution is 2.19. The topological polar surface area (TPSA) is 62.7 Å². The van der Waals surface area contributed by atoms with Crippen LogP contribution >= 0.6 is 23.8 Å². The molecule has 0 aliphatic heterocycles. The molecule has 3 aromatic rings. The number of amides is 1. The van der Waals surface area contributed by atoms with Gasteiger partial charge in [0.2, 0.25) is 4.77 Å². The van der Waals surface area contributed by atoms with E-state index in [1.54, 1.807) is 48.5 Å². The fraction of sp³-hybridized carbons (Fsp3) is 0. The van der Waals surface area contributed by atoms with E-state index >= 15 is 0 Å². The van der Waals surface area contributed by atoms with Crippen LogP contribution in [0.25, 0.3) is 11.4 Å². The van der Waals surface area contributed by atoms with E-state index in [1.807, 2.05) is 6.07 Å². The number of hydrogen-bond donors (Lipinski definition) is 2. The molecule has 0 radical (unpaired) electrons. The fourth-order valence-electron chi connectivity index (χ4n) is 1.95. The highest BCUT2D eigenvalue weighted by Gasteiger charge is 2.12. The minimum atomic E-state index is -0.270. The average molecular weight is 331 g/mol. The van der Waals surface area contributed by atoms with Crippen molar-refractivity contribution in [2.24, 2.45) is 0 Å². The molecule has 0 saturated carbocycles. The molecule has 1 aromatic heterocycles. The van der Waals surface area contributed by atoms with Gasteiger partial charge >= 0.3 is 0 Å². The Kier molecular flexibility index (Phi) is 4.04. The van der Waals surface area contributed by atoms with Gasteiger partial charge in [-0.15, -0.1) is 0 Å². The van der Waals surface area contributed by atoms with Crippen molar-refractivity contribution in [1.82, 2.24) is 14.9 Å². The van der Waals surface area contributed by atoms with Crippen molar-refractivity contribution in [3.8, 4) is 11.4 Å². The number of benzene rings is 2. The zero-order chi connectivity index (χ0) is 15.5. The highest BCUT2D eigenvalue weighted by molar-refractivity contribution is 7.71. The van der Waals surface area contributed by atoms with Crippen molar-refractivity contribution in [2.75, 3.05) is 5.43 Å². The first-order chi connectivity index (χ1) is 10.6. The molecule has 0 saturated heterocycles. The number of aromatic amines is 1. The average Bonchev–Trinajstić information content (AvgIpc) is 2.90. The summed E-state index contributed by atoms with van der Waals surface area (Å²) in [7, 11) is 0. The Bertz CT molecular complexity index is 855. The van der Waals surface area contributed by atoms with Crippen LogP contribution in [0.15, 0.2) is 54.6 Å². The summed E-state index contributed by atoms with van der Waals surface area (Å²) in [4.78, 5) is 12.3. The third-order valence-electron chi connectivity index (χ3n) is 3.02. The standard InChI is InChI=1S/C15H11ClN4OS/c16-12-8-6-10(7-9-12)13-17-18-15(22)20(13)19-14(21)11-4-2-1-3-5-11/h1-9H,(H,18,22)(H,19,21). The largest absolute Gasteiger partial charge is 0.270 e. The molecule has 2 aromatic carbocycles. The van der Waals surface area contributed by atoms with Crippen molar-refractivity contribution in [3.63, 3.8) is 0 Å². The van der Waals surface area contributed by atoms with Gasteiger partial charge in [0.25, 0.3) is 5.91 Å². The van der Waals surface area contributed by atoms with Crippen LogP contribution in [-0.4, -0.2) is 20.8 Å². The lowest BCUT2D eigenvalue weighted by Gasteiger charge is -2.09. The van der Waals surface area contributed by atoms with Crippen molar-refractivity contribution >= 4 is 29.7 Å². The molecule has 1 heterocycles. The number of H-pyrrole nitrogens is 1. The van der Waals surface area contributed by atoms with Crippen molar-refractivity contribution in [2.45, 2.75) is 0 Å². The zero-order valence-corrected chi connectivity index (χ0v) is 12.9. The third kappa shape index (κ3) is 2.93. The van der Waals surface area contributed by atoms with E-state index in [-0.39, 0.29) is 5.91 Å². The normalized spacial score (nSPS) is 10.4. The molecule has 0 aliphatic carbocycles. The van der Waals surface area contributed by atoms with Crippen LogP contribution in [0, 0.1) is 4.77 Å². The quantitative estimate of drug-likeness (QED) is 0.721. The molecule has 2 N–H and O–H groups in total. The number of nitrogens with zero attached hydrogens (tertiary/aromatic N) is 2. The van der Waals surface area contributed by atoms with E-state index in [9.17, 15) is 4.79 Å². The Morgan fingerprint density at radius 1 is 1.14 bits per heavy atom. The van der Waals surface area contributed by atoms with Crippen LogP contribution in [0.2, 0.25) is 5.02 Å². The number of carbonyl (C=O) groups excluding carboxylic acids is 1. The summed E-state index contributed by atoms with van der Waals surface area (Å²) < 4.78 is 1.74. The van der Waals surface area contributed by atoms with Crippen LogP contribution in [0.5, 0.6) is 0 Å². The third-order valence-corrected chi connectivity index (χ3v) is 3.55. The number of aromatic nitrogens is 3. The summed E-state index contributed by atoms with van der Waals surface area (Å²) >= 11 is 11.1. The molecule has 0 spiro atoms. The second-order valence-electron chi connectivity index (χ2n) is 4.50. The van der Waals surface area contributed by atoms with E-state index in [2.05, 4.69) is 15.6 Å². The first-order valence-electron chi connectivity index (χ1n) is 6.45. The zero-order valence-electron chi connectivity index (χ0n) is 11.3. The summed E-state index contributed by atoms with van der Waals surface area (Å²) in [6, 6.07) is 16.0. The van der Waals surface area contributed by atoms with E-state index in [0.717, 1.165) is 5.56 Å². The molecule has 0 fully saturated rings. The molecule has 1 amide bonds. The van der Waals surface area contributed by atoms with Crippen molar-refractivity contribution < 1.29 is 4.79 Å². The molecule has 110 valence electrons. The summed E-state index contributed by atoms with van der Waals surface area (Å²) in [5.74, 6) is 0.235. The van der Waals surface area contributed by atoms with Crippen LogP contribution in [0.3, 0.4) is 0 Å². The lowest BCUT2D eigenvalue weighted by atomic mass is 10.2. The van der Waals surface area contributed by atoms with Gasteiger partial charge in [0.05, 0.1) is 0 Å². The van der Waals surface area contributed by atoms with E-state index in [0.29, 0.717) is 21.2 Å². The molecule has 5 nitrogen and oxygen atoms in total. The Morgan fingerprint density at radius 2 is 1.82 bits per heavy atom. The van der Waals surface area contributed by atoms with Crippen LogP contribution < -0.4 is 5.43 Å². The number of nitrogens with one attached hydrogen (secondary N) is 2. The lowest BCUT2D eigenvalue weighted by molar-refractivity contribution is 0.101.